The summed E-state index contributed by atoms with van der Waals surface area (Å²) in [5.41, 5.74) is -1.06. The van der Waals surface area contributed by atoms with Crippen LogP contribution >= 0.6 is 0 Å². The molecule has 0 aliphatic heterocycles. The number of hydrogen-bond acceptors (Lipinski definition) is 5. The van der Waals surface area contributed by atoms with E-state index in [4.69, 9.17) is 4.74 Å². The first-order chi connectivity index (χ1) is 14.1. The zero-order chi connectivity index (χ0) is 22.1. The van der Waals surface area contributed by atoms with E-state index >= 15 is 0 Å². The first kappa shape index (κ1) is 21.4. The van der Waals surface area contributed by atoms with Crippen molar-refractivity contribution in [1.82, 2.24) is 5.32 Å². The van der Waals surface area contributed by atoms with Crippen molar-refractivity contribution in [2.24, 2.45) is 0 Å². The summed E-state index contributed by atoms with van der Waals surface area (Å²) in [6.07, 6.45) is -4.42. The van der Waals surface area contributed by atoms with Crippen LogP contribution < -0.4 is 10.1 Å². The Morgan fingerprint density at radius 1 is 1.03 bits per heavy atom. The fourth-order valence-electron chi connectivity index (χ4n) is 3.52. The highest BCUT2D eigenvalue weighted by Crippen LogP contribution is 2.37. The molecule has 2 aromatic rings. The van der Waals surface area contributed by atoms with Crippen molar-refractivity contribution in [3.63, 3.8) is 0 Å². The molecule has 0 aromatic heterocycles. The molecule has 0 radical (unpaired) electrons. The second-order valence-electron chi connectivity index (χ2n) is 6.95. The molecule has 0 atom stereocenters. The summed E-state index contributed by atoms with van der Waals surface area (Å²) in [4.78, 5) is 36.6. The van der Waals surface area contributed by atoms with Crippen LogP contribution in [-0.4, -0.2) is 30.5 Å². The Hall–Kier alpha value is -3.36. The van der Waals surface area contributed by atoms with Crippen molar-refractivity contribution in [3.05, 3.63) is 64.7 Å². The predicted octanol–water partition coefficient (Wildman–Crippen LogP) is 3.07. The van der Waals surface area contributed by atoms with Gasteiger partial charge in [0.05, 0.1) is 12.7 Å². The van der Waals surface area contributed by atoms with Crippen molar-refractivity contribution in [2.75, 3.05) is 7.11 Å². The number of amides is 1. The normalized spacial score (nSPS) is 14.6. The monoisotopic (exact) mass is 421 g/mol. The topological polar surface area (TPSA) is 81.7 Å². The zero-order valence-corrected chi connectivity index (χ0v) is 16.1. The highest BCUT2D eigenvalue weighted by atomic mass is 19.4. The van der Waals surface area contributed by atoms with Crippen LogP contribution in [0.15, 0.2) is 42.5 Å². The van der Waals surface area contributed by atoms with Gasteiger partial charge < -0.3 is 14.8 Å². The molecule has 0 saturated carbocycles. The average molecular weight is 421 g/mol. The molecule has 3 rings (SSSR count). The quantitative estimate of drug-likeness (QED) is 0.606. The predicted molar refractivity (Wildman–Crippen MR) is 98.8 cm³/mol. The SMILES string of the molecule is COC(=O)C1(NC(=O)c2ccc(C(F)(F)F)c(OC(C)=O)c2)Cc2ccccc2C1. The maximum absolute atomic E-state index is 13.2. The van der Waals surface area contributed by atoms with Gasteiger partial charge in [0.1, 0.15) is 11.3 Å². The van der Waals surface area contributed by atoms with E-state index in [0.717, 1.165) is 30.2 Å². The Kier molecular flexibility index (Phi) is 5.56. The smallest absolute Gasteiger partial charge is 0.419 e. The first-order valence-corrected chi connectivity index (χ1v) is 8.93. The van der Waals surface area contributed by atoms with E-state index in [2.05, 4.69) is 10.1 Å². The van der Waals surface area contributed by atoms with Crippen LogP contribution in [0.2, 0.25) is 0 Å². The number of alkyl halides is 3. The van der Waals surface area contributed by atoms with Crippen LogP contribution in [0.1, 0.15) is 34.0 Å². The van der Waals surface area contributed by atoms with Crippen LogP contribution in [0.4, 0.5) is 13.2 Å². The number of fused-ring (bicyclic) bond motifs is 1. The minimum atomic E-state index is -4.78. The van der Waals surface area contributed by atoms with E-state index in [1.54, 1.807) is 12.1 Å². The van der Waals surface area contributed by atoms with Crippen molar-refractivity contribution < 1.29 is 37.0 Å². The third-order valence-corrected chi connectivity index (χ3v) is 4.83. The molecule has 2 aromatic carbocycles. The van der Waals surface area contributed by atoms with Gasteiger partial charge in [0.25, 0.3) is 5.91 Å². The summed E-state index contributed by atoms with van der Waals surface area (Å²) in [7, 11) is 1.19. The van der Waals surface area contributed by atoms with Crippen molar-refractivity contribution in [3.8, 4) is 5.75 Å². The highest BCUT2D eigenvalue weighted by Gasteiger charge is 2.46. The van der Waals surface area contributed by atoms with Crippen molar-refractivity contribution >= 4 is 17.8 Å². The summed E-state index contributed by atoms with van der Waals surface area (Å²) in [6, 6.07) is 9.68. The number of nitrogens with one attached hydrogen (secondary N) is 1. The number of rotatable bonds is 4. The Labute approximate surface area is 170 Å². The number of esters is 2. The Balaban J connectivity index is 1.94. The number of carbonyl (C=O) groups is 3. The molecule has 9 heteroatoms. The molecule has 30 heavy (non-hydrogen) atoms. The lowest BCUT2D eigenvalue weighted by Gasteiger charge is -2.27. The van der Waals surface area contributed by atoms with Crippen LogP contribution in [0.3, 0.4) is 0 Å². The van der Waals surface area contributed by atoms with Crippen molar-refractivity contribution in [1.29, 1.82) is 0 Å². The second-order valence-corrected chi connectivity index (χ2v) is 6.95. The number of methoxy groups -OCH3 is 1. The maximum Gasteiger partial charge on any atom is 0.419 e. The molecule has 0 spiro atoms. The van der Waals surface area contributed by atoms with Gasteiger partial charge in [-0.25, -0.2) is 4.79 Å². The van der Waals surface area contributed by atoms with Crippen molar-refractivity contribution in [2.45, 2.75) is 31.5 Å². The van der Waals surface area contributed by atoms with E-state index in [9.17, 15) is 27.6 Å². The maximum atomic E-state index is 13.2. The molecule has 1 aliphatic carbocycles. The van der Waals surface area contributed by atoms with E-state index in [1.807, 2.05) is 12.1 Å². The minimum Gasteiger partial charge on any atom is -0.467 e. The fourth-order valence-corrected chi connectivity index (χ4v) is 3.52. The van der Waals surface area contributed by atoms with Crippen LogP contribution in [0, 0.1) is 0 Å². The molecule has 0 unspecified atom stereocenters. The molecule has 1 amide bonds. The van der Waals surface area contributed by atoms with Gasteiger partial charge >= 0.3 is 18.1 Å². The van der Waals surface area contributed by atoms with Gasteiger partial charge in [0, 0.05) is 25.3 Å². The molecule has 0 bridgehead atoms. The van der Waals surface area contributed by atoms with Gasteiger partial charge in [-0.2, -0.15) is 13.2 Å². The summed E-state index contributed by atoms with van der Waals surface area (Å²) < 4.78 is 49.0. The summed E-state index contributed by atoms with van der Waals surface area (Å²) in [6.45, 7) is 0.953. The molecular formula is C21H18F3NO5. The molecule has 1 N–H and O–H groups in total. The number of benzene rings is 2. The van der Waals surface area contributed by atoms with Gasteiger partial charge in [-0.1, -0.05) is 24.3 Å². The third kappa shape index (κ3) is 4.14. The molecule has 0 saturated heterocycles. The van der Waals surface area contributed by atoms with E-state index in [0.29, 0.717) is 6.07 Å². The van der Waals surface area contributed by atoms with Gasteiger partial charge in [0.2, 0.25) is 0 Å². The third-order valence-electron chi connectivity index (χ3n) is 4.83. The molecular weight excluding hydrogens is 403 g/mol. The molecule has 158 valence electrons. The molecule has 0 heterocycles. The standard InChI is InChI=1S/C21H18F3NO5/c1-12(26)30-17-9-13(7-8-16(17)21(22,23)24)18(27)25-20(19(28)29-2)10-14-5-3-4-6-15(14)11-20/h3-9H,10-11H2,1-2H3,(H,25,27). The Bertz CT molecular complexity index is 991. The summed E-state index contributed by atoms with van der Waals surface area (Å²) in [5, 5.41) is 2.61. The highest BCUT2D eigenvalue weighted by molar-refractivity contribution is 5.99. The Morgan fingerprint density at radius 2 is 1.63 bits per heavy atom. The largest absolute Gasteiger partial charge is 0.467 e. The lowest BCUT2D eigenvalue weighted by atomic mass is 9.95. The van der Waals surface area contributed by atoms with Crippen LogP contribution in [0.5, 0.6) is 5.75 Å². The van der Waals surface area contributed by atoms with Crippen LogP contribution in [-0.2, 0) is 33.3 Å². The van der Waals surface area contributed by atoms with E-state index < -0.39 is 40.9 Å². The summed E-state index contributed by atoms with van der Waals surface area (Å²) in [5.74, 6) is -3.21. The number of hydrogen-bond donors (Lipinski definition) is 1. The van der Waals surface area contributed by atoms with Gasteiger partial charge in [-0.15, -0.1) is 0 Å². The number of ether oxygens (including phenoxy) is 2. The molecule has 6 nitrogen and oxygen atoms in total. The van der Waals surface area contributed by atoms with Gasteiger partial charge in [0.15, 0.2) is 0 Å². The van der Waals surface area contributed by atoms with Gasteiger partial charge in [-0.3, -0.25) is 9.59 Å². The zero-order valence-electron chi connectivity index (χ0n) is 16.1. The van der Waals surface area contributed by atoms with Gasteiger partial charge in [-0.05, 0) is 29.3 Å². The lowest BCUT2D eigenvalue weighted by Crippen LogP contribution is -2.56. The minimum absolute atomic E-state index is 0.180. The Morgan fingerprint density at radius 3 is 2.13 bits per heavy atom. The average Bonchev–Trinajstić information content (AvgIpc) is 3.05. The van der Waals surface area contributed by atoms with E-state index in [1.165, 1.54) is 7.11 Å². The summed E-state index contributed by atoms with van der Waals surface area (Å²) >= 11 is 0. The first-order valence-electron chi connectivity index (χ1n) is 8.93. The number of halogens is 3. The second kappa shape index (κ2) is 7.81. The lowest BCUT2D eigenvalue weighted by molar-refractivity contribution is -0.148. The number of carbonyl (C=O) groups excluding carboxylic acids is 3. The van der Waals surface area contributed by atoms with Crippen LogP contribution in [0.25, 0.3) is 0 Å². The fraction of sp³-hybridized carbons (Fsp3) is 0.286. The molecule has 1 aliphatic rings. The molecule has 0 fully saturated rings. The van der Waals surface area contributed by atoms with E-state index in [-0.39, 0.29) is 18.4 Å².